The smallest absolute Gasteiger partial charge is 0.140 e. The van der Waals surface area contributed by atoms with Gasteiger partial charge in [0.15, 0.2) is 0 Å². The predicted molar refractivity (Wildman–Crippen MR) is 70.1 cm³/mol. The van der Waals surface area contributed by atoms with Crippen molar-refractivity contribution in [3.05, 3.63) is 17.8 Å². The second-order valence-electron chi connectivity index (χ2n) is 3.93. The first-order chi connectivity index (χ1) is 8.38. The third-order valence-electron chi connectivity index (χ3n) is 2.85. The van der Waals surface area contributed by atoms with Gasteiger partial charge in [-0.05, 0) is 11.4 Å². The summed E-state index contributed by atoms with van der Waals surface area (Å²) in [5.74, 6) is 1.52. The molecule has 1 saturated heterocycles. The van der Waals surface area contributed by atoms with Crippen molar-refractivity contribution in [1.29, 1.82) is 0 Å². The highest BCUT2D eigenvalue weighted by molar-refractivity contribution is 7.16. The molecule has 0 amide bonds. The Balaban J connectivity index is 1.94. The molecule has 4 nitrogen and oxygen atoms in total. The van der Waals surface area contributed by atoms with Crippen molar-refractivity contribution in [2.24, 2.45) is 0 Å². The van der Waals surface area contributed by atoms with Crippen LogP contribution in [0.15, 0.2) is 17.8 Å². The highest BCUT2D eigenvalue weighted by atomic mass is 35.5. The molecule has 6 heteroatoms. The van der Waals surface area contributed by atoms with Crippen molar-refractivity contribution in [1.82, 2.24) is 9.97 Å². The fourth-order valence-electron chi connectivity index (χ4n) is 2.03. The molecule has 0 spiro atoms. The minimum Gasteiger partial charge on any atom is -0.373 e. The number of anilines is 1. The molecule has 0 aromatic carbocycles. The molecule has 2 aromatic rings. The predicted octanol–water partition coefficient (Wildman–Crippen LogP) is 2.14. The van der Waals surface area contributed by atoms with Crippen LogP contribution in [-0.2, 0) is 4.74 Å². The van der Waals surface area contributed by atoms with Crippen molar-refractivity contribution in [2.45, 2.75) is 6.10 Å². The molecular weight excluding hydrogens is 258 g/mol. The Kier molecular flexibility index (Phi) is 3.13. The van der Waals surface area contributed by atoms with Crippen LogP contribution in [0.4, 0.5) is 5.82 Å². The molecule has 0 saturated carbocycles. The Labute approximate surface area is 108 Å². The maximum atomic E-state index is 5.85. The van der Waals surface area contributed by atoms with Crippen molar-refractivity contribution in [3.63, 3.8) is 0 Å². The van der Waals surface area contributed by atoms with Gasteiger partial charge in [-0.3, -0.25) is 0 Å². The van der Waals surface area contributed by atoms with Crippen LogP contribution in [0.1, 0.15) is 0 Å². The molecule has 90 valence electrons. The number of thiophene rings is 1. The van der Waals surface area contributed by atoms with Crippen molar-refractivity contribution in [2.75, 3.05) is 30.5 Å². The molecule has 3 heterocycles. The molecule has 0 N–H and O–H groups in total. The molecule has 2 aromatic heterocycles. The maximum absolute atomic E-state index is 5.85. The number of ether oxygens (including phenoxy) is 1. The van der Waals surface area contributed by atoms with Crippen LogP contribution < -0.4 is 4.90 Å². The monoisotopic (exact) mass is 269 g/mol. The van der Waals surface area contributed by atoms with E-state index in [0.717, 1.165) is 29.1 Å². The van der Waals surface area contributed by atoms with Crippen molar-refractivity contribution in [3.8, 4) is 0 Å². The molecule has 3 rings (SSSR count). The van der Waals surface area contributed by atoms with Gasteiger partial charge in [-0.15, -0.1) is 22.9 Å². The zero-order valence-corrected chi connectivity index (χ0v) is 10.7. The number of hydrogen-bond donors (Lipinski definition) is 0. The first-order valence-electron chi connectivity index (χ1n) is 5.49. The molecule has 1 atom stereocenters. The summed E-state index contributed by atoms with van der Waals surface area (Å²) in [7, 11) is 0. The van der Waals surface area contributed by atoms with E-state index in [4.69, 9.17) is 16.3 Å². The SMILES string of the molecule is ClCC1CN(c2ncnc3sccc23)CCO1. The number of rotatable bonds is 2. The van der Waals surface area contributed by atoms with Gasteiger partial charge in [0.2, 0.25) is 0 Å². The topological polar surface area (TPSA) is 38.2 Å². The van der Waals surface area contributed by atoms with E-state index in [1.165, 1.54) is 0 Å². The average molecular weight is 270 g/mol. The molecule has 1 aliphatic rings. The Bertz CT molecular complexity index is 518. The molecule has 1 unspecified atom stereocenters. The minimum atomic E-state index is 0.0917. The fourth-order valence-corrected chi connectivity index (χ4v) is 2.95. The van der Waals surface area contributed by atoms with Gasteiger partial charge in [-0.1, -0.05) is 0 Å². The van der Waals surface area contributed by atoms with Crippen molar-refractivity contribution < 1.29 is 4.74 Å². The molecule has 0 bridgehead atoms. The van der Waals surface area contributed by atoms with E-state index < -0.39 is 0 Å². The summed E-state index contributed by atoms with van der Waals surface area (Å²) in [6.07, 6.45) is 1.72. The molecule has 1 aliphatic heterocycles. The zero-order chi connectivity index (χ0) is 11.7. The van der Waals surface area contributed by atoms with Gasteiger partial charge in [0, 0.05) is 13.1 Å². The van der Waals surface area contributed by atoms with Crippen LogP contribution in [0.3, 0.4) is 0 Å². The Hall–Kier alpha value is -0.910. The van der Waals surface area contributed by atoms with Crippen LogP contribution in [0.5, 0.6) is 0 Å². The molecule has 0 radical (unpaired) electrons. The quantitative estimate of drug-likeness (QED) is 0.783. The summed E-state index contributed by atoms with van der Waals surface area (Å²) in [6.45, 7) is 2.35. The highest BCUT2D eigenvalue weighted by Gasteiger charge is 2.22. The van der Waals surface area contributed by atoms with Crippen LogP contribution in [0.2, 0.25) is 0 Å². The van der Waals surface area contributed by atoms with E-state index in [-0.39, 0.29) is 6.10 Å². The zero-order valence-electron chi connectivity index (χ0n) is 9.17. The first kappa shape index (κ1) is 11.2. The summed E-state index contributed by atoms with van der Waals surface area (Å²) in [5, 5.41) is 3.16. The lowest BCUT2D eigenvalue weighted by Crippen LogP contribution is -2.43. The van der Waals surface area contributed by atoms with E-state index in [0.29, 0.717) is 12.5 Å². The minimum absolute atomic E-state index is 0.0917. The van der Waals surface area contributed by atoms with Crippen LogP contribution in [-0.4, -0.2) is 41.6 Å². The molecular formula is C11H12ClN3OS. The Morgan fingerprint density at radius 2 is 2.47 bits per heavy atom. The van der Waals surface area contributed by atoms with Gasteiger partial charge in [-0.25, -0.2) is 9.97 Å². The first-order valence-corrected chi connectivity index (χ1v) is 6.90. The number of halogens is 1. The third kappa shape index (κ3) is 2.10. The average Bonchev–Trinajstić information content (AvgIpc) is 2.87. The van der Waals surface area contributed by atoms with Crippen LogP contribution in [0, 0.1) is 0 Å². The van der Waals surface area contributed by atoms with Gasteiger partial charge in [0.25, 0.3) is 0 Å². The van der Waals surface area contributed by atoms with Crippen LogP contribution >= 0.6 is 22.9 Å². The maximum Gasteiger partial charge on any atom is 0.140 e. The van der Waals surface area contributed by atoms with Gasteiger partial charge in [-0.2, -0.15) is 0 Å². The number of nitrogens with zero attached hydrogens (tertiary/aromatic N) is 3. The van der Waals surface area contributed by atoms with E-state index in [9.17, 15) is 0 Å². The van der Waals surface area contributed by atoms with Gasteiger partial charge in [0.1, 0.15) is 17.0 Å². The number of aromatic nitrogens is 2. The summed E-state index contributed by atoms with van der Waals surface area (Å²) in [5.41, 5.74) is 0. The van der Waals surface area contributed by atoms with E-state index in [1.807, 2.05) is 5.38 Å². The Morgan fingerprint density at radius 1 is 1.53 bits per heavy atom. The number of morpholine rings is 1. The normalized spacial score (nSPS) is 21.0. The number of alkyl halides is 1. The second kappa shape index (κ2) is 4.76. The largest absolute Gasteiger partial charge is 0.373 e. The van der Waals surface area contributed by atoms with Crippen molar-refractivity contribution >= 4 is 39.0 Å². The summed E-state index contributed by atoms with van der Waals surface area (Å²) < 4.78 is 5.56. The van der Waals surface area contributed by atoms with Gasteiger partial charge in [0.05, 0.1) is 24.0 Å². The molecule has 17 heavy (non-hydrogen) atoms. The summed E-state index contributed by atoms with van der Waals surface area (Å²) >= 11 is 7.48. The highest BCUT2D eigenvalue weighted by Crippen LogP contribution is 2.27. The molecule has 1 fully saturated rings. The lowest BCUT2D eigenvalue weighted by Gasteiger charge is -2.33. The van der Waals surface area contributed by atoms with E-state index in [1.54, 1.807) is 17.7 Å². The van der Waals surface area contributed by atoms with Crippen LogP contribution in [0.25, 0.3) is 10.2 Å². The van der Waals surface area contributed by atoms with Gasteiger partial charge >= 0.3 is 0 Å². The lowest BCUT2D eigenvalue weighted by atomic mass is 10.2. The van der Waals surface area contributed by atoms with E-state index >= 15 is 0 Å². The number of fused-ring (bicyclic) bond motifs is 1. The number of hydrogen-bond acceptors (Lipinski definition) is 5. The third-order valence-corrected chi connectivity index (χ3v) is 4.02. The standard InChI is InChI=1S/C11H12ClN3OS/c12-5-8-6-15(2-3-16-8)10-9-1-4-17-11(9)14-7-13-10/h1,4,7-8H,2-3,5-6H2. The lowest BCUT2D eigenvalue weighted by molar-refractivity contribution is 0.0553. The summed E-state index contributed by atoms with van der Waals surface area (Å²) in [6, 6.07) is 2.07. The second-order valence-corrected chi connectivity index (χ2v) is 5.13. The fraction of sp³-hybridized carbons (Fsp3) is 0.455. The summed E-state index contributed by atoms with van der Waals surface area (Å²) in [4.78, 5) is 11.9. The molecule has 0 aliphatic carbocycles. The van der Waals surface area contributed by atoms with E-state index in [2.05, 4.69) is 20.9 Å². The Morgan fingerprint density at radius 3 is 3.35 bits per heavy atom. The van der Waals surface area contributed by atoms with Gasteiger partial charge < -0.3 is 9.64 Å².